The quantitative estimate of drug-likeness (QED) is 0.589. The predicted molar refractivity (Wildman–Crippen MR) is 112 cm³/mol. The van der Waals surface area contributed by atoms with E-state index < -0.39 is 0 Å². The maximum atomic E-state index is 12.3. The number of hydrogen-bond donors (Lipinski definition) is 2. The van der Waals surface area contributed by atoms with Crippen LogP contribution in [-0.4, -0.2) is 33.3 Å². The maximum Gasteiger partial charge on any atom is 0.224 e. The third-order valence-corrected chi connectivity index (χ3v) is 4.35. The van der Waals surface area contributed by atoms with Crippen LogP contribution in [-0.2, 0) is 4.79 Å². The molecule has 2 aromatic rings. The Morgan fingerprint density at radius 2 is 1.61 bits per heavy atom. The van der Waals surface area contributed by atoms with Gasteiger partial charge in [-0.3, -0.25) is 4.79 Å². The van der Waals surface area contributed by atoms with Crippen LogP contribution < -0.4 is 25.3 Å². The van der Waals surface area contributed by atoms with Gasteiger partial charge in [-0.15, -0.1) is 12.4 Å². The molecule has 0 radical (unpaired) electrons. The van der Waals surface area contributed by atoms with Gasteiger partial charge < -0.3 is 25.3 Å². The van der Waals surface area contributed by atoms with E-state index in [0.717, 1.165) is 5.56 Å². The Hall–Kier alpha value is -2.44. The molecule has 0 saturated carbocycles. The topological polar surface area (TPSA) is 82.8 Å². The Bertz CT molecular complexity index is 705. The highest BCUT2D eigenvalue weighted by molar-refractivity contribution is 5.85. The molecule has 2 unspecified atom stereocenters. The van der Waals surface area contributed by atoms with Crippen LogP contribution in [0.4, 0.5) is 0 Å². The van der Waals surface area contributed by atoms with Gasteiger partial charge in [-0.1, -0.05) is 37.3 Å². The summed E-state index contributed by atoms with van der Waals surface area (Å²) in [5.41, 5.74) is 7.15. The fourth-order valence-electron chi connectivity index (χ4n) is 2.63. The van der Waals surface area contributed by atoms with Crippen LogP contribution in [0.15, 0.2) is 48.5 Å². The molecule has 0 heterocycles. The molecule has 28 heavy (non-hydrogen) atoms. The summed E-state index contributed by atoms with van der Waals surface area (Å²) < 4.78 is 16.1. The summed E-state index contributed by atoms with van der Waals surface area (Å²) in [6.45, 7) is 2.83. The number of rotatable bonds is 10. The zero-order valence-electron chi connectivity index (χ0n) is 16.5. The highest BCUT2D eigenvalue weighted by atomic mass is 35.5. The second-order valence-electron chi connectivity index (χ2n) is 6.27. The number of ether oxygens (including phenoxy) is 3. The number of nitrogens with one attached hydrogen (secondary N) is 1. The first-order valence-electron chi connectivity index (χ1n) is 8.99. The second kappa shape index (κ2) is 12.1. The fourth-order valence-corrected chi connectivity index (χ4v) is 2.63. The molecular formula is C21H29ClN2O4. The van der Waals surface area contributed by atoms with Gasteiger partial charge in [0.15, 0.2) is 0 Å². The maximum absolute atomic E-state index is 12.3. The molecule has 2 rings (SSSR count). The van der Waals surface area contributed by atoms with Gasteiger partial charge in [-0.25, -0.2) is 0 Å². The van der Waals surface area contributed by atoms with Crippen molar-refractivity contribution in [2.24, 2.45) is 11.7 Å². The van der Waals surface area contributed by atoms with Crippen LogP contribution in [0.3, 0.4) is 0 Å². The van der Waals surface area contributed by atoms with Crippen LogP contribution in [0, 0.1) is 5.92 Å². The summed E-state index contributed by atoms with van der Waals surface area (Å²) >= 11 is 0. The Kier molecular flexibility index (Phi) is 10.2. The highest BCUT2D eigenvalue weighted by Gasteiger charge is 2.21. The van der Waals surface area contributed by atoms with Gasteiger partial charge >= 0.3 is 0 Å². The first-order valence-corrected chi connectivity index (χ1v) is 8.99. The van der Waals surface area contributed by atoms with Crippen molar-refractivity contribution in [1.82, 2.24) is 5.32 Å². The van der Waals surface area contributed by atoms with Gasteiger partial charge in [0.2, 0.25) is 5.91 Å². The molecule has 6 nitrogen and oxygen atoms in total. The number of carbonyl (C=O) groups excluding carboxylic acids is 1. The molecule has 154 valence electrons. The molecule has 0 aliphatic carbocycles. The van der Waals surface area contributed by atoms with Crippen LogP contribution >= 0.6 is 12.4 Å². The van der Waals surface area contributed by atoms with Gasteiger partial charge in [-0.05, 0) is 12.0 Å². The van der Waals surface area contributed by atoms with Gasteiger partial charge in [0.05, 0.1) is 26.7 Å². The first-order chi connectivity index (χ1) is 13.0. The van der Waals surface area contributed by atoms with Crippen molar-refractivity contribution in [3.05, 3.63) is 54.1 Å². The standard InChI is InChI=1S/C21H28N2O4.ClH/c1-15(20(22)16-8-5-4-6-9-16)21(24)23-10-7-11-27-19-13-17(25-2)12-18(14-19)26-3;/h4-6,8-9,12-15,20H,7,10-11,22H2,1-3H3,(H,23,24);1H. The lowest BCUT2D eigenvalue weighted by Crippen LogP contribution is -2.36. The normalized spacial score (nSPS) is 12.3. The van der Waals surface area contributed by atoms with Gasteiger partial charge in [-0.2, -0.15) is 0 Å². The zero-order chi connectivity index (χ0) is 19.6. The summed E-state index contributed by atoms with van der Waals surface area (Å²) in [7, 11) is 3.19. The first kappa shape index (κ1) is 23.6. The molecule has 1 amide bonds. The van der Waals surface area contributed by atoms with Gasteiger partial charge in [0.1, 0.15) is 17.2 Å². The monoisotopic (exact) mass is 408 g/mol. The van der Waals surface area contributed by atoms with Gasteiger partial charge in [0.25, 0.3) is 0 Å². The Morgan fingerprint density at radius 3 is 2.18 bits per heavy atom. The number of methoxy groups -OCH3 is 2. The van der Waals surface area contributed by atoms with Crippen molar-refractivity contribution in [1.29, 1.82) is 0 Å². The molecule has 3 N–H and O–H groups in total. The van der Waals surface area contributed by atoms with E-state index in [4.69, 9.17) is 19.9 Å². The number of nitrogens with two attached hydrogens (primary N) is 1. The van der Waals surface area contributed by atoms with Gasteiger partial charge in [0, 0.05) is 30.8 Å². The minimum absolute atomic E-state index is 0. The molecule has 2 aromatic carbocycles. The molecule has 0 aliphatic heterocycles. The van der Waals surface area contributed by atoms with Crippen LogP contribution in [0.5, 0.6) is 17.2 Å². The van der Waals surface area contributed by atoms with E-state index in [1.54, 1.807) is 32.4 Å². The Morgan fingerprint density at radius 1 is 1.04 bits per heavy atom. The Balaban J connectivity index is 0.00000392. The lowest BCUT2D eigenvalue weighted by atomic mass is 9.95. The van der Waals surface area contributed by atoms with Crippen LogP contribution in [0.2, 0.25) is 0 Å². The van der Waals surface area contributed by atoms with E-state index in [1.807, 2.05) is 37.3 Å². The predicted octanol–water partition coefficient (Wildman–Crippen LogP) is 3.35. The molecule has 2 atom stereocenters. The van der Waals surface area contributed by atoms with E-state index in [1.165, 1.54) is 0 Å². The smallest absolute Gasteiger partial charge is 0.224 e. The Labute approximate surface area is 172 Å². The van der Waals surface area contributed by atoms with E-state index in [9.17, 15) is 4.79 Å². The number of carbonyl (C=O) groups is 1. The van der Waals surface area contributed by atoms with E-state index >= 15 is 0 Å². The third kappa shape index (κ3) is 6.94. The van der Waals surface area contributed by atoms with E-state index in [2.05, 4.69) is 5.32 Å². The number of amides is 1. The van der Waals surface area contributed by atoms with Crippen molar-refractivity contribution in [3.8, 4) is 17.2 Å². The summed E-state index contributed by atoms with van der Waals surface area (Å²) in [6.07, 6.45) is 0.679. The van der Waals surface area contributed by atoms with Crippen LogP contribution in [0.1, 0.15) is 24.9 Å². The third-order valence-electron chi connectivity index (χ3n) is 4.35. The minimum Gasteiger partial charge on any atom is -0.496 e. The molecule has 0 bridgehead atoms. The zero-order valence-corrected chi connectivity index (χ0v) is 17.3. The van der Waals surface area contributed by atoms with Crippen molar-refractivity contribution >= 4 is 18.3 Å². The fraction of sp³-hybridized carbons (Fsp3) is 0.381. The van der Waals surface area contributed by atoms with E-state index in [-0.39, 0.29) is 30.3 Å². The largest absolute Gasteiger partial charge is 0.496 e. The average molecular weight is 409 g/mol. The number of benzene rings is 2. The van der Waals surface area contributed by atoms with Crippen LogP contribution in [0.25, 0.3) is 0 Å². The lowest BCUT2D eigenvalue weighted by molar-refractivity contribution is -0.125. The summed E-state index contributed by atoms with van der Waals surface area (Å²) in [4.78, 5) is 12.3. The van der Waals surface area contributed by atoms with E-state index in [0.29, 0.717) is 36.8 Å². The van der Waals surface area contributed by atoms with Crippen molar-refractivity contribution < 1.29 is 19.0 Å². The summed E-state index contributed by atoms with van der Waals surface area (Å²) in [5, 5.41) is 2.92. The lowest BCUT2D eigenvalue weighted by Gasteiger charge is -2.19. The molecule has 0 aliphatic rings. The number of hydrogen-bond acceptors (Lipinski definition) is 5. The van der Waals surface area contributed by atoms with Crippen molar-refractivity contribution in [2.75, 3.05) is 27.4 Å². The molecule has 0 spiro atoms. The summed E-state index contributed by atoms with van der Waals surface area (Å²) in [6, 6.07) is 14.7. The minimum atomic E-state index is -0.327. The second-order valence-corrected chi connectivity index (χ2v) is 6.27. The molecule has 0 fully saturated rings. The highest BCUT2D eigenvalue weighted by Crippen LogP contribution is 2.27. The molecule has 0 aromatic heterocycles. The van der Waals surface area contributed by atoms with Crippen molar-refractivity contribution in [3.63, 3.8) is 0 Å². The summed E-state index contributed by atoms with van der Waals surface area (Å²) in [5.74, 6) is 1.63. The average Bonchev–Trinajstić information content (AvgIpc) is 2.72. The SMILES string of the molecule is COc1cc(OC)cc(OCCCNC(=O)C(C)C(N)c2ccccc2)c1.Cl. The molecule has 7 heteroatoms. The van der Waals surface area contributed by atoms with Crippen molar-refractivity contribution in [2.45, 2.75) is 19.4 Å². The number of halogens is 1. The molecular weight excluding hydrogens is 380 g/mol. The molecule has 0 saturated heterocycles.